The SMILES string of the molecule is CCSC1(CNC(=NC)N2CCN(Cc3ccon3)CC2)CCOCC1. The van der Waals surface area contributed by atoms with Crippen LogP contribution >= 0.6 is 11.8 Å². The molecule has 2 saturated heterocycles. The Bertz CT molecular complexity index is 546. The summed E-state index contributed by atoms with van der Waals surface area (Å²) < 4.78 is 10.8. The molecule has 2 fully saturated rings. The maximum atomic E-state index is 5.58. The summed E-state index contributed by atoms with van der Waals surface area (Å²) >= 11 is 2.06. The number of aliphatic imine (C=N–C) groups is 1. The second kappa shape index (κ2) is 9.62. The van der Waals surface area contributed by atoms with Gasteiger partial charge in [0.15, 0.2) is 5.96 Å². The van der Waals surface area contributed by atoms with E-state index in [1.165, 1.54) is 0 Å². The van der Waals surface area contributed by atoms with Gasteiger partial charge in [-0.2, -0.15) is 11.8 Å². The first-order chi connectivity index (χ1) is 12.7. The van der Waals surface area contributed by atoms with Crippen molar-refractivity contribution in [1.82, 2.24) is 20.3 Å². The Kier molecular flexibility index (Phi) is 7.22. The van der Waals surface area contributed by atoms with E-state index >= 15 is 0 Å². The van der Waals surface area contributed by atoms with Crippen LogP contribution in [0.4, 0.5) is 0 Å². The topological polar surface area (TPSA) is 66.1 Å². The van der Waals surface area contributed by atoms with Crippen molar-refractivity contribution in [3.63, 3.8) is 0 Å². The number of thioether (sulfide) groups is 1. The van der Waals surface area contributed by atoms with Crippen molar-refractivity contribution >= 4 is 17.7 Å². The van der Waals surface area contributed by atoms with Crippen LogP contribution in [0, 0.1) is 0 Å². The minimum Gasteiger partial charge on any atom is -0.381 e. The van der Waals surface area contributed by atoms with E-state index < -0.39 is 0 Å². The molecule has 2 aliphatic heterocycles. The van der Waals surface area contributed by atoms with Gasteiger partial charge in [0.2, 0.25) is 0 Å². The summed E-state index contributed by atoms with van der Waals surface area (Å²) in [6.45, 7) is 9.77. The quantitative estimate of drug-likeness (QED) is 0.594. The molecule has 0 aliphatic carbocycles. The Morgan fingerprint density at radius 2 is 2.08 bits per heavy atom. The van der Waals surface area contributed by atoms with E-state index in [1.807, 2.05) is 13.1 Å². The maximum absolute atomic E-state index is 5.58. The molecule has 0 atom stereocenters. The van der Waals surface area contributed by atoms with Crippen molar-refractivity contribution in [3.05, 3.63) is 18.0 Å². The molecule has 7 nitrogen and oxygen atoms in total. The fourth-order valence-electron chi connectivity index (χ4n) is 3.66. The van der Waals surface area contributed by atoms with Crippen LogP contribution < -0.4 is 5.32 Å². The van der Waals surface area contributed by atoms with Crippen LogP contribution in [0.2, 0.25) is 0 Å². The Morgan fingerprint density at radius 1 is 1.31 bits per heavy atom. The molecule has 1 aromatic rings. The second-order valence-electron chi connectivity index (χ2n) is 6.88. The average Bonchev–Trinajstić information content (AvgIpc) is 3.17. The van der Waals surface area contributed by atoms with E-state index in [0.29, 0.717) is 0 Å². The van der Waals surface area contributed by atoms with Gasteiger partial charge in [-0.15, -0.1) is 0 Å². The van der Waals surface area contributed by atoms with Crippen LogP contribution in [0.5, 0.6) is 0 Å². The third kappa shape index (κ3) is 5.14. The number of guanidine groups is 1. The number of aromatic nitrogens is 1. The molecule has 0 unspecified atom stereocenters. The van der Waals surface area contributed by atoms with E-state index in [-0.39, 0.29) is 4.75 Å². The normalized spacial score (nSPS) is 21.8. The lowest BCUT2D eigenvalue weighted by Gasteiger charge is -2.40. The molecule has 0 amide bonds. The average molecular weight is 382 g/mol. The number of nitrogens with one attached hydrogen (secondary N) is 1. The highest BCUT2D eigenvalue weighted by molar-refractivity contribution is 8.00. The van der Waals surface area contributed by atoms with Crippen LogP contribution in [-0.4, -0.2) is 84.4 Å². The number of ether oxygens (including phenoxy) is 1. The van der Waals surface area contributed by atoms with Gasteiger partial charge in [-0.1, -0.05) is 12.1 Å². The monoisotopic (exact) mass is 381 g/mol. The lowest BCUT2D eigenvalue weighted by molar-refractivity contribution is 0.0779. The molecule has 0 radical (unpaired) electrons. The van der Waals surface area contributed by atoms with Crippen molar-refractivity contribution < 1.29 is 9.26 Å². The van der Waals surface area contributed by atoms with Gasteiger partial charge in [0, 0.05) is 70.3 Å². The van der Waals surface area contributed by atoms with Crippen molar-refractivity contribution in [1.29, 1.82) is 0 Å². The van der Waals surface area contributed by atoms with Gasteiger partial charge in [-0.25, -0.2) is 0 Å². The number of hydrogen-bond donors (Lipinski definition) is 1. The second-order valence-corrected chi connectivity index (χ2v) is 8.62. The fraction of sp³-hybridized carbons (Fsp3) is 0.778. The Morgan fingerprint density at radius 3 is 2.69 bits per heavy atom. The highest BCUT2D eigenvalue weighted by Crippen LogP contribution is 2.34. The third-order valence-corrected chi connectivity index (χ3v) is 6.64. The summed E-state index contributed by atoms with van der Waals surface area (Å²) in [6, 6.07) is 1.94. The molecule has 1 aromatic heterocycles. The van der Waals surface area contributed by atoms with E-state index in [1.54, 1.807) is 6.26 Å². The van der Waals surface area contributed by atoms with Gasteiger partial charge in [-0.3, -0.25) is 9.89 Å². The number of hydrogen-bond acceptors (Lipinski definition) is 6. The minimum atomic E-state index is 0.276. The zero-order valence-corrected chi connectivity index (χ0v) is 16.8. The van der Waals surface area contributed by atoms with E-state index in [9.17, 15) is 0 Å². The summed E-state index contributed by atoms with van der Waals surface area (Å²) in [7, 11) is 1.88. The first-order valence-electron chi connectivity index (χ1n) is 9.53. The molecule has 2 aliphatic rings. The summed E-state index contributed by atoms with van der Waals surface area (Å²) in [5, 5.41) is 7.66. The molecule has 0 aromatic carbocycles. The lowest BCUT2D eigenvalue weighted by atomic mass is 9.99. The molecule has 3 rings (SSSR count). The van der Waals surface area contributed by atoms with Crippen molar-refractivity contribution in [3.8, 4) is 0 Å². The molecule has 1 N–H and O–H groups in total. The first-order valence-corrected chi connectivity index (χ1v) is 10.5. The standard InChI is InChI=1S/C18H31N5O2S/c1-3-26-18(5-12-24-13-6-18)15-20-17(19-2)23-9-7-22(8-10-23)14-16-4-11-25-21-16/h4,11H,3,5-10,12-15H2,1-2H3,(H,19,20). The van der Waals surface area contributed by atoms with Crippen molar-refractivity contribution in [2.45, 2.75) is 31.1 Å². The van der Waals surface area contributed by atoms with E-state index in [0.717, 1.165) is 82.7 Å². The zero-order valence-electron chi connectivity index (χ0n) is 15.9. The highest BCUT2D eigenvalue weighted by atomic mass is 32.2. The lowest BCUT2D eigenvalue weighted by Crippen LogP contribution is -2.54. The molecule has 8 heteroatoms. The Hall–Kier alpha value is -1.25. The highest BCUT2D eigenvalue weighted by Gasteiger charge is 2.33. The van der Waals surface area contributed by atoms with Crippen molar-refractivity contribution in [2.75, 3.05) is 58.7 Å². The molecule has 0 bridgehead atoms. The molecule has 0 saturated carbocycles. The van der Waals surface area contributed by atoms with Crippen LogP contribution in [0.25, 0.3) is 0 Å². The molecule has 146 valence electrons. The van der Waals surface area contributed by atoms with Gasteiger partial charge >= 0.3 is 0 Å². The van der Waals surface area contributed by atoms with Crippen LogP contribution in [0.3, 0.4) is 0 Å². The zero-order chi connectivity index (χ0) is 18.2. The van der Waals surface area contributed by atoms with Gasteiger partial charge in [0.25, 0.3) is 0 Å². The van der Waals surface area contributed by atoms with Gasteiger partial charge in [-0.05, 0) is 18.6 Å². The molecule has 26 heavy (non-hydrogen) atoms. The molecular weight excluding hydrogens is 350 g/mol. The number of piperazine rings is 1. The smallest absolute Gasteiger partial charge is 0.193 e. The molecule has 0 spiro atoms. The minimum absolute atomic E-state index is 0.276. The Balaban J connectivity index is 1.48. The molecule has 3 heterocycles. The van der Waals surface area contributed by atoms with Crippen molar-refractivity contribution in [2.24, 2.45) is 4.99 Å². The predicted octanol–water partition coefficient (Wildman–Crippen LogP) is 1.67. The van der Waals surface area contributed by atoms with Gasteiger partial charge in [0.1, 0.15) is 6.26 Å². The van der Waals surface area contributed by atoms with E-state index in [4.69, 9.17) is 9.26 Å². The van der Waals surface area contributed by atoms with Gasteiger partial charge in [0.05, 0.1) is 5.69 Å². The van der Waals surface area contributed by atoms with E-state index in [2.05, 4.69) is 44.0 Å². The summed E-state index contributed by atoms with van der Waals surface area (Å²) in [6.07, 6.45) is 3.86. The predicted molar refractivity (Wildman–Crippen MR) is 106 cm³/mol. The Labute approximate surface area is 160 Å². The van der Waals surface area contributed by atoms with Gasteiger partial charge < -0.3 is 19.5 Å². The summed E-state index contributed by atoms with van der Waals surface area (Å²) in [4.78, 5) is 9.31. The number of rotatable bonds is 6. The van der Waals surface area contributed by atoms with Crippen LogP contribution in [0.15, 0.2) is 21.8 Å². The fourth-order valence-corrected chi connectivity index (χ4v) is 4.90. The van der Waals surface area contributed by atoms with Crippen LogP contribution in [-0.2, 0) is 11.3 Å². The summed E-state index contributed by atoms with van der Waals surface area (Å²) in [5.41, 5.74) is 0.999. The number of nitrogens with zero attached hydrogens (tertiary/aromatic N) is 4. The maximum Gasteiger partial charge on any atom is 0.193 e. The first kappa shape index (κ1) is 19.5. The largest absolute Gasteiger partial charge is 0.381 e. The summed E-state index contributed by atoms with van der Waals surface area (Å²) in [5.74, 6) is 2.16. The van der Waals surface area contributed by atoms with Crippen LogP contribution in [0.1, 0.15) is 25.5 Å². The third-order valence-electron chi connectivity index (χ3n) is 5.18. The molecular formula is C18H31N5O2S.